The Morgan fingerprint density at radius 2 is 1.31 bits per heavy atom. The highest BCUT2D eigenvalue weighted by Crippen LogP contribution is 2.24. The molecule has 2 amide bonds. The van der Waals surface area contributed by atoms with E-state index < -0.39 is 0 Å². The SMILES string of the molecule is CCC1CC(=NCCOCCOCCNC(=O)c2ccccc2)N=C(Nc2ccc(O)cc2)N=C1Nc1ccc(C(=O)NCc2ccccc2-c2ccccc2)cc1. The summed E-state index contributed by atoms with van der Waals surface area (Å²) in [6.07, 6.45) is 1.32. The summed E-state index contributed by atoms with van der Waals surface area (Å²) in [7, 11) is 0. The monoisotopic (exact) mass is 779 g/mol. The number of aromatic hydroxyl groups is 1. The summed E-state index contributed by atoms with van der Waals surface area (Å²) >= 11 is 0. The minimum absolute atomic E-state index is 0.0222. The summed E-state index contributed by atoms with van der Waals surface area (Å²) in [4.78, 5) is 39.8. The second-order valence-corrected chi connectivity index (χ2v) is 13.5. The third-order valence-corrected chi connectivity index (χ3v) is 9.32. The van der Waals surface area contributed by atoms with Gasteiger partial charge in [-0.25, -0.2) is 0 Å². The quantitative estimate of drug-likeness (QED) is 0.0482. The molecule has 298 valence electrons. The molecule has 0 radical (unpaired) electrons. The summed E-state index contributed by atoms with van der Waals surface area (Å²) in [5, 5.41) is 22.5. The number of aliphatic imine (C=N–C) groups is 3. The Morgan fingerprint density at radius 3 is 2.05 bits per heavy atom. The normalized spacial score (nSPS) is 14.5. The number of amidine groups is 2. The van der Waals surface area contributed by atoms with Crippen LogP contribution < -0.4 is 21.3 Å². The number of hydrogen-bond acceptors (Lipinski definition) is 9. The van der Waals surface area contributed by atoms with Crippen LogP contribution in [0.4, 0.5) is 11.4 Å². The highest BCUT2D eigenvalue weighted by Gasteiger charge is 2.22. The predicted molar refractivity (Wildman–Crippen MR) is 231 cm³/mol. The lowest BCUT2D eigenvalue weighted by atomic mass is 9.99. The van der Waals surface area contributed by atoms with Crippen LogP contribution in [0.3, 0.4) is 0 Å². The Bertz CT molecular complexity index is 2170. The molecule has 0 bridgehead atoms. The molecule has 5 N–H and O–H groups in total. The molecule has 0 saturated heterocycles. The number of hydrogen-bond donors (Lipinski definition) is 5. The zero-order valence-corrected chi connectivity index (χ0v) is 32.6. The zero-order valence-electron chi connectivity index (χ0n) is 32.6. The fourth-order valence-corrected chi connectivity index (χ4v) is 6.21. The maximum Gasteiger partial charge on any atom is 0.251 e. The maximum atomic E-state index is 13.2. The molecule has 5 aromatic carbocycles. The molecule has 6 rings (SSSR count). The minimum atomic E-state index is -0.165. The number of nitrogens with zero attached hydrogens (tertiary/aromatic N) is 3. The van der Waals surface area contributed by atoms with Crippen molar-refractivity contribution in [2.24, 2.45) is 20.9 Å². The highest BCUT2D eigenvalue weighted by atomic mass is 16.5. The number of phenolic OH excluding ortho intramolecular Hbond substituents is 1. The zero-order chi connectivity index (χ0) is 40.4. The van der Waals surface area contributed by atoms with Crippen molar-refractivity contribution < 1.29 is 24.2 Å². The van der Waals surface area contributed by atoms with Gasteiger partial charge < -0.3 is 35.8 Å². The van der Waals surface area contributed by atoms with E-state index in [1.54, 1.807) is 48.5 Å². The van der Waals surface area contributed by atoms with Crippen LogP contribution in [0.1, 0.15) is 46.0 Å². The number of amides is 2. The van der Waals surface area contributed by atoms with Gasteiger partial charge in [-0.1, -0.05) is 79.7 Å². The number of benzene rings is 5. The summed E-state index contributed by atoms with van der Waals surface area (Å²) in [5.41, 5.74) is 5.87. The number of anilines is 2. The molecule has 1 aliphatic rings. The summed E-state index contributed by atoms with van der Waals surface area (Å²) in [6, 6.07) is 41.3. The molecule has 0 spiro atoms. The molecule has 58 heavy (non-hydrogen) atoms. The second kappa shape index (κ2) is 21.6. The van der Waals surface area contributed by atoms with Crippen molar-refractivity contribution in [3.8, 4) is 16.9 Å². The average Bonchev–Trinajstić information content (AvgIpc) is 3.43. The number of carbonyl (C=O) groups is 2. The van der Waals surface area contributed by atoms with E-state index in [2.05, 4.69) is 46.4 Å². The molecule has 5 aromatic rings. The van der Waals surface area contributed by atoms with E-state index in [-0.39, 0.29) is 23.5 Å². The lowest BCUT2D eigenvalue weighted by Gasteiger charge is -2.18. The predicted octanol–water partition coefficient (Wildman–Crippen LogP) is 7.56. The van der Waals surface area contributed by atoms with Gasteiger partial charge in [0.15, 0.2) is 0 Å². The molecule has 1 aliphatic heterocycles. The van der Waals surface area contributed by atoms with Crippen molar-refractivity contribution in [3.63, 3.8) is 0 Å². The third kappa shape index (κ3) is 12.4. The van der Waals surface area contributed by atoms with Crippen LogP contribution >= 0.6 is 0 Å². The lowest BCUT2D eigenvalue weighted by molar-refractivity contribution is 0.0512. The molecule has 0 saturated carbocycles. The first-order chi connectivity index (χ1) is 28.4. The Kier molecular flexibility index (Phi) is 15.3. The molecule has 1 unspecified atom stereocenters. The summed E-state index contributed by atoms with van der Waals surface area (Å²) in [5.74, 6) is 1.52. The Labute approximate surface area is 339 Å². The van der Waals surface area contributed by atoms with Gasteiger partial charge in [0.25, 0.3) is 11.8 Å². The summed E-state index contributed by atoms with van der Waals surface area (Å²) in [6.45, 7) is 4.86. The van der Waals surface area contributed by atoms with Gasteiger partial charge in [0.1, 0.15) is 17.4 Å². The van der Waals surface area contributed by atoms with Crippen molar-refractivity contribution >= 4 is 40.8 Å². The van der Waals surface area contributed by atoms with Crippen LogP contribution in [0.2, 0.25) is 0 Å². The van der Waals surface area contributed by atoms with Crippen LogP contribution in [0.15, 0.2) is 148 Å². The Balaban J connectivity index is 1.02. The van der Waals surface area contributed by atoms with Crippen LogP contribution in [0, 0.1) is 5.92 Å². The molecular weight excluding hydrogens is 731 g/mol. The Morgan fingerprint density at radius 1 is 0.690 bits per heavy atom. The van der Waals surface area contributed by atoms with E-state index in [4.69, 9.17) is 24.5 Å². The number of ether oxygens (including phenoxy) is 2. The van der Waals surface area contributed by atoms with Crippen molar-refractivity contribution in [1.82, 2.24) is 10.6 Å². The number of phenols is 1. The fraction of sp³-hybridized carbons (Fsp3) is 0.239. The summed E-state index contributed by atoms with van der Waals surface area (Å²) < 4.78 is 11.4. The van der Waals surface area contributed by atoms with Crippen molar-refractivity contribution in [1.29, 1.82) is 0 Å². The number of carbonyl (C=O) groups excluding carboxylic acids is 2. The van der Waals surface area contributed by atoms with Crippen LogP contribution in [0.25, 0.3) is 11.1 Å². The average molecular weight is 780 g/mol. The first-order valence-electron chi connectivity index (χ1n) is 19.5. The molecule has 12 heteroatoms. The van der Waals surface area contributed by atoms with Gasteiger partial charge in [0.2, 0.25) is 5.96 Å². The largest absolute Gasteiger partial charge is 0.508 e. The van der Waals surface area contributed by atoms with Gasteiger partial charge in [-0.3, -0.25) is 14.6 Å². The van der Waals surface area contributed by atoms with Crippen molar-refractivity contribution in [2.45, 2.75) is 26.3 Å². The van der Waals surface area contributed by atoms with E-state index in [0.29, 0.717) is 86.9 Å². The number of rotatable bonds is 17. The van der Waals surface area contributed by atoms with Gasteiger partial charge in [0.05, 0.1) is 33.0 Å². The van der Waals surface area contributed by atoms with Gasteiger partial charge in [-0.15, -0.1) is 0 Å². The second-order valence-electron chi connectivity index (χ2n) is 13.5. The topological polar surface area (TPSA) is 158 Å². The third-order valence-electron chi connectivity index (χ3n) is 9.32. The fourth-order valence-electron chi connectivity index (χ4n) is 6.21. The molecule has 1 heterocycles. The van der Waals surface area contributed by atoms with Gasteiger partial charge in [-0.2, -0.15) is 9.98 Å². The van der Waals surface area contributed by atoms with Gasteiger partial charge in [-0.05, 0) is 83.8 Å². The van der Waals surface area contributed by atoms with E-state index >= 15 is 0 Å². The number of nitrogens with one attached hydrogen (secondary N) is 4. The van der Waals surface area contributed by atoms with Crippen LogP contribution in [-0.2, 0) is 16.0 Å². The Hall–Kier alpha value is -6.63. The van der Waals surface area contributed by atoms with Crippen LogP contribution in [0.5, 0.6) is 5.75 Å². The van der Waals surface area contributed by atoms with Gasteiger partial charge in [0, 0.05) is 47.9 Å². The standard InChI is InChI=1S/C46H49N7O5/c1-2-33-31-42(47-25-27-57-29-30-58-28-26-48-44(55)35-13-7-4-8-14-35)52-46(51-39-21-23-40(54)24-22-39)53-43(33)50-38-19-17-36(18-20-38)45(56)49-32-37-15-9-10-16-41(37)34-11-5-3-6-12-34/h3-24,33,54H,2,25-32H2,1H3,(H,48,55)(H,49,56)(H2,47,50,51,52,53). The molecule has 1 atom stereocenters. The van der Waals surface area contributed by atoms with Crippen molar-refractivity contribution in [3.05, 3.63) is 150 Å². The van der Waals surface area contributed by atoms with E-state index in [0.717, 1.165) is 28.8 Å². The minimum Gasteiger partial charge on any atom is -0.508 e. The smallest absolute Gasteiger partial charge is 0.251 e. The van der Waals surface area contributed by atoms with Gasteiger partial charge >= 0.3 is 0 Å². The molecule has 12 nitrogen and oxygen atoms in total. The molecule has 0 aromatic heterocycles. The van der Waals surface area contributed by atoms with E-state index in [9.17, 15) is 14.7 Å². The maximum absolute atomic E-state index is 13.2. The first kappa shape index (κ1) is 41.0. The molecule has 0 aliphatic carbocycles. The molecular formula is C46H49N7O5. The first-order valence-corrected chi connectivity index (χ1v) is 19.5. The van der Waals surface area contributed by atoms with E-state index in [1.165, 1.54) is 0 Å². The highest BCUT2D eigenvalue weighted by molar-refractivity contribution is 6.14. The van der Waals surface area contributed by atoms with Crippen molar-refractivity contribution in [2.75, 3.05) is 50.2 Å². The van der Waals surface area contributed by atoms with Crippen LogP contribution in [-0.4, -0.2) is 74.1 Å². The lowest BCUT2D eigenvalue weighted by Crippen LogP contribution is -2.27. The number of guanidine groups is 1. The van der Waals surface area contributed by atoms with E-state index in [1.807, 2.05) is 66.7 Å². The molecule has 0 fully saturated rings.